The molecule has 1 aliphatic rings. The van der Waals surface area contributed by atoms with E-state index in [1.54, 1.807) is 0 Å². The minimum Gasteiger partial charge on any atom is -0.357 e. The lowest BCUT2D eigenvalue weighted by Gasteiger charge is -2.32. The molecule has 0 saturated heterocycles. The van der Waals surface area contributed by atoms with Crippen LogP contribution in [0.3, 0.4) is 0 Å². The molecule has 4 heteroatoms. The fourth-order valence-corrected chi connectivity index (χ4v) is 2.75. The summed E-state index contributed by atoms with van der Waals surface area (Å²) >= 11 is 6.16. The lowest BCUT2D eigenvalue weighted by Crippen LogP contribution is -2.34. The van der Waals surface area contributed by atoms with E-state index in [4.69, 9.17) is 16.6 Å². The molecule has 1 aromatic rings. The van der Waals surface area contributed by atoms with Crippen LogP contribution in [0, 0.1) is 0 Å². The Balaban J connectivity index is 2.26. The fraction of sp³-hybridized carbons (Fsp3) is 0.733. The molecule has 1 saturated carbocycles. The molecule has 0 N–H and O–H groups in total. The molecule has 1 heterocycles. The molecule has 1 fully saturated rings. The van der Waals surface area contributed by atoms with Gasteiger partial charge in [-0.1, -0.05) is 51.6 Å². The Bertz CT molecular complexity index is 434. The van der Waals surface area contributed by atoms with E-state index >= 15 is 0 Å². The van der Waals surface area contributed by atoms with Gasteiger partial charge in [-0.05, 0) is 12.8 Å². The van der Waals surface area contributed by atoms with Crippen molar-refractivity contribution in [2.45, 2.75) is 64.3 Å². The van der Waals surface area contributed by atoms with Crippen molar-refractivity contribution in [3.05, 3.63) is 17.0 Å². The third kappa shape index (κ3) is 3.59. The smallest absolute Gasteiger partial charge is 0.137 e. The van der Waals surface area contributed by atoms with Crippen LogP contribution in [-0.4, -0.2) is 23.1 Å². The van der Waals surface area contributed by atoms with Gasteiger partial charge in [0.1, 0.15) is 16.8 Å². The molecule has 0 spiro atoms. The molecule has 0 unspecified atom stereocenters. The van der Waals surface area contributed by atoms with Crippen LogP contribution in [0.25, 0.3) is 0 Å². The van der Waals surface area contributed by atoms with Gasteiger partial charge in [0.15, 0.2) is 0 Å². The highest BCUT2D eigenvalue weighted by molar-refractivity contribution is 6.29. The third-order valence-electron chi connectivity index (χ3n) is 3.84. The molecular weight excluding hydrogens is 258 g/mol. The van der Waals surface area contributed by atoms with Crippen LogP contribution in [-0.2, 0) is 5.41 Å². The SMILES string of the molecule is CN(c1cc(Cl)nc(C(C)(C)C)n1)C1CCCCC1. The van der Waals surface area contributed by atoms with E-state index in [0.717, 1.165) is 11.6 Å². The molecule has 19 heavy (non-hydrogen) atoms. The average Bonchev–Trinajstić information content (AvgIpc) is 2.37. The van der Waals surface area contributed by atoms with Crippen molar-refractivity contribution in [2.24, 2.45) is 0 Å². The van der Waals surface area contributed by atoms with Crippen LogP contribution in [0.5, 0.6) is 0 Å². The minimum absolute atomic E-state index is 0.0763. The molecule has 0 atom stereocenters. The maximum atomic E-state index is 6.16. The number of nitrogens with zero attached hydrogens (tertiary/aromatic N) is 3. The largest absolute Gasteiger partial charge is 0.357 e. The van der Waals surface area contributed by atoms with Crippen molar-refractivity contribution in [2.75, 3.05) is 11.9 Å². The first-order chi connectivity index (χ1) is 8.88. The lowest BCUT2D eigenvalue weighted by molar-refractivity contribution is 0.425. The number of halogens is 1. The second-order valence-corrected chi connectivity index (χ2v) is 6.91. The van der Waals surface area contributed by atoms with Gasteiger partial charge in [-0.2, -0.15) is 0 Å². The van der Waals surface area contributed by atoms with Crippen LogP contribution in [0.4, 0.5) is 5.82 Å². The van der Waals surface area contributed by atoms with Crippen molar-refractivity contribution in [1.29, 1.82) is 0 Å². The quantitative estimate of drug-likeness (QED) is 0.761. The summed E-state index contributed by atoms with van der Waals surface area (Å²) in [6, 6.07) is 2.47. The Hall–Kier alpha value is -0.830. The van der Waals surface area contributed by atoms with E-state index < -0.39 is 0 Å². The van der Waals surface area contributed by atoms with Gasteiger partial charge >= 0.3 is 0 Å². The Morgan fingerprint density at radius 1 is 1.16 bits per heavy atom. The molecule has 1 aromatic heterocycles. The first-order valence-corrected chi connectivity index (χ1v) is 7.53. The van der Waals surface area contributed by atoms with E-state index in [0.29, 0.717) is 11.2 Å². The summed E-state index contributed by atoms with van der Waals surface area (Å²) in [6.45, 7) is 6.34. The van der Waals surface area contributed by atoms with Crippen molar-refractivity contribution in [3.8, 4) is 0 Å². The number of aromatic nitrogens is 2. The van der Waals surface area contributed by atoms with Crippen LogP contribution >= 0.6 is 11.6 Å². The van der Waals surface area contributed by atoms with Gasteiger partial charge in [-0.15, -0.1) is 0 Å². The predicted octanol–water partition coefficient (Wildman–Crippen LogP) is 4.20. The van der Waals surface area contributed by atoms with Crippen molar-refractivity contribution in [3.63, 3.8) is 0 Å². The summed E-state index contributed by atoms with van der Waals surface area (Å²) in [4.78, 5) is 11.4. The van der Waals surface area contributed by atoms with E-state index in [9.17, 15) is 0 Å². The van der Waals surface area contributed by atoms with Gasteiger partial charge in [0.05, 0.1) is 0 Å². The monoisotopic (exact) mass is 281 g/mol. The van der Waals surface area contributed by atoms with Crippen molar-refractivity contribution in [1.82, 2.24) is 9.97 Å². The lowest BCUT2D eigenvalue weighted by atomic mass is 9.94. The predicted molar refractivity (Wildman–Crippen MR) is 81.0 cm³/mol. The Labute approximate surface area is 121 Å². The van der Waals surface area contributed by atoms with Gasteiger partial charge in [0.2, 0.25) is 0 Å². The second-order valence-electron chi connectivity index (χ2n) is 6.53. The minimum atomic E-state index is -0.0763. The normalized spacial score (nSPS) is 17.5. The van der Waals surface area contributed by atoms with E-state index in [1.165, 1.54) is 32.1 Å². The first-order valence-electron chi connectivity index (χ1n) is 7.16. The fourth-order valence-electron chi connectivity index (χ4n) is 2.58. The van der Waals surface area contributed by atoms with Crippen LogP contribution < -0.4 is 4.90 Å². The Morgan fingerprint density at radius 3 is 2.37 bits per heavy atom. The number of hydrogen-bond donors (Lipinski definition) is 0. The van der Waals surface area contributed by atoms with Crippen molar-refractivity contribution >= 4 is 17.4 Å². The van der Waals surface area contributed by atoms with Gasteiger partial charge < -0.3 is 4.90 Å². The standard InChI is InChI=1S/C15H24ClN3/c1-15(2,3)14-17-12(16)10-13(18-14)19(4)11-8-6-5-7-9-11/h10-11H,5-9H2,1-4H3. The summed E-state index contributed by atoms with van der Waals surface area (Å²) in [5.74, 6) is 1.77. The van der Waals surface area contributed by atoms with Gasteiger partial charge in [-0.25, -0.2) is 9.97 Å². The molecule has 0 aliphatic heterocycles. The number of hydrogen-bond acceptors (Lipinski definition) is 3. The summed E-state index contributed by atoms with van der Waals surface area (Å²) in [7, 11) is 2.13. The van der Waals surface area contributed by atoms with Gasteiger partial charge in [0.25, 0.3) is 0 Å². The van der Waals surface area contributed by atoms with E-state index in [1.807, 2.05) is 6.07 Å². The van der Waals surface area contributed by atoms with E-state index in [2.05, 4.69) is 37.7 Å². The molecule has 106 valence electrons. The number of anilines is 1. The molecule has 3 nitrogen and oxygen atoms in total. The Morgan fingerprint density at radius 2 is 1.79 bits per heavy atom. The maximum Gasteiger partial charge on any atom is 0.137 e. The van der Waals surface area contributed by atoms with E-state index in [-0.39, 0.29) is 5.41 Å². The molecule has 0 amide bonds. The highest BCUT2D eigenvalue weighted by Crippen LogP contribution is 2.28. The topological polar surface area (TPSA) is 29.0 Å². The molecule has 0 aromatic carbocycles. The highest BCUT2D eigenvalue weighted by Gasteiger charge is 2.23. The van der Waals surface area contributed by atoms with Crippen LogP contribution in [0.2, 0.25) is 5.15 Å². The summed E-state index contributed by atoms with van der Waals surface area (Å²) < 4.78 is 0. The molecule has 1 aliphatic carbocycles. The number of rotatable bonds is 2. The average molecular weight is 282 g/mol. The maximum absolute atomic E-state index is 6.16. The highest BCUT2D eigenvalue weighted by atomic mass is 35.5. The Kier molecular flexibility index (Phi) is 4.34. The molecular formula is C15H24ClN3. The summed E-state index contributed by atoms with van der Waals surface area (Å²) in [6.07, 6.45) is 6.51. The first kappa shape index (κ1) is 14.6. The van der Waals surface area contributed by atoms with Crippen molar-refractivity contribution < 1.29 is 0 Å². The van der Waals surface area contributed by atoms with Gasteiger partial charge in [0, 0.05) is 24.6 Å². The zero-order chi connectivity index (χ0) is 14.0. The molecule has 2 rings (SSSR count). The molecule has 0 bridgehead atoms. The zero-order valence-electron chi connectivity index (χ0n) is 12.4. The molecule has 0 radical (unpaired) electrons. The summed E-state index contributed by atoms with van der Waals surface area (Å²) in [5.41, 5.74) is -0.0763. The van der Waals surface area contributed by atoms with Crippen LogP contribution in [0.15, 0.2) is 6.07 Å². The second kappa shape index (κ2) is 5.66. The van der Waals surface area contributed by atoms with Gasteiger partial charge in [-0.3, -0.25) is 0 Å². The summed E-state index contributed by atoms with van der Waals surface area (Å²) in [5, 5.41) is 0.539. The zero-order valence-corrected chi connectivity index (χ0v) is 13.2. The van der Waals surface area contributed by atoms with Crippen LogP contribution in [0.1, 0.15) is 58.7 Å². The third-order valence-corrected chi connectivity index (χ3v) is 4.03.